The number of nitrogens with zero attached hydrogens (tertiary/aromatic N) is 2. The molecule has 0 spiro atoms. The van der Waals surface area contributed by atoms with Gasteiger partial charge in [-0.25, -0.2) is 8.42 Å². The molecule has 1 aromatic carbocycles. The summed E-state index contributed by atoms with van der Waals surface area (Å²) in [5, 5.41) is 0.398. The molecule has 0 saturated carbocycles. The first kappa shape index (κ1) is 21.0. The number of thioether (sulfide) groups is 1. The van der Waals surface area contributed by atoms with Crippen molar-refractivity contribution in [2.24, 2.45) is 10.9 Å². The number of carbonyl (C=O) groups is 1. The third kappa shape index (κ3) is 4.00. The summed E-state index contributed by atoms with van der Waals surface area (Å²) in [6.07, 6.45) is 1.45. The largest absolute Gasteiger partial charge is 0.497 e. The Morgan fingerprint density at radius 3 is 2.57 bits per heavy atom. The van der Waals surface area contributed by atoms with Gasteiger partial charge in [-0.05, 0) is 25.0 Å². The van der Waals surface area contributed by atoms with Crippen molar-refractivity contribution in [2.75, 3.05) is 30.6 Å². The van der Waals surface area contributed by atoms with Gasteiger partial charge in [-0.3, -0.25) is 4.79 Å². The lowest BCUT2D eigenvalue weighted by Gasteiger charge is -2.26. The quantitative estimate of drug-likeness (QED) is 0.691. The van der Waals surface area contributed by atoms with Crippen LogP contribution in [0.3, 0.4) is 0 Å². The molecule has 0 unspecified atom stereocenters. The zero-order valence-electron chi connectivity index (χ0n) is 16.5. The van der Waals surface area contributed by atoms with Crippen molar-refractivity contribution in [2.45, 2.75) is 38.0 Å². The molecule has 28 heavy (non-hydrogen) atoms. The molecule has 2 fully saturated rings. The third-order valence-corrected chi connectivity index (χ3v) is 8.46. The molecular formula is C19H26N2O5S2. The van der Waals surface area contributed by atoms with Crippen LogP contribution in [0.25, 0.3) is 0 Å². The summed E-state index contributed by atoms with van der Waals surface area (Å²) in [5.41, 5.74) is 0.691. The number of fused-ring (bicyclic) bond motifs is 1. The first-order valence-electron chi connectivity index (χ1n) is 9.34. The van der Waals surface area contributed by atoms with E-state index in [1.807, 2.05) is 24.8 Å². The maximum atomic E-state index is 12.6. The molecule has 2 saturated heterocycles. The number of hydrogen-bond acceptors (Lipinski definition) is 6. The van der Waals surface area contributed by atoms with Crippen LogP contribution < -0.4 is 14.4 Å². The predicted molar refractivity (Wildman–Crippen MR) is 112 cm³/mol. The average Bonchev–Trinajstić information content (AvgIpc) is 3.12. The van der Waals surface area contributed by atoms with Gasteiger partial charge in [-0.2, -0.15) is 4.99 Å². The lowest BCUT2D eigenvalue weighted by Crippen LogP contribution is -2.38. The van der Waals surface area contributed by atoms with E-state index in [-0.39, 0.29) is 34.6 Å². The van der Waals surface area contributed by atoms with E-state index in [9.17, 15) is 13.2 Å². The number of sulfone groups is 1. The van der Waals surface area contributed by atoms with Crippen molar-refractivity contribution in [3.8, 4) is 11.5 Å². The van der Waals surface area contributed by atoms with Crippen molar-refractivity contribution in [1.29, 1.82) is 0 Å². The Morgan fingerprint density at radius 1 is 1.25 bits per heavy atom. The van der Waals surface area contributed by atoms with Crippen LogP contribution >= 0.6 is 11.8 Å². The van der Waals surface area contributed by atoms with Gasteiger partial charge in [0.15, 0.2) is 15.0 Å². The van der Waals surface area contributed by atoms with Crippen molar-refractivity contribution < 1.29 is 22.7 Å². The number of hydrogen-bond donors (Lipinski definition) is 0. The smallest absolute Gasteiger partial charge is 0.251 e. The summed E-state index contributed by atoms with van der Waals surface area (Å²) in [4.78, 5) is 18.9. The highest BCUT2D eigenvalue weighted by Gasteiger charge is 2.50. The van der Waals surface area contributed by atoms with E-state index in [1.165, 1.54) is 11.8 Å². The molecule has 0 bridgehead atoms. The molecule has 0 aliphatic carbocycles. The number of amides is 1. The second kappa shape index (κ2) is 8.32. The van der Waals surface area contributed by atoms with Crippen LogP contribution in [0.1, 0.15) is 26.7 Å². The highest BCUT2D eigenvalue weighted by Crippen LogP contribution is 2.44. The minimum atomic E-state index is -3.12. The Balaban J connectivity index is 2.05. The number of methoxy groups -OCH3 is 2. The monoisotopic (exact) mass is 426 g/mol. The van der Waals surface area contributed by atoms with Crippen molar-refractivity contribution in [3.05, 3.63) is 18.2 Å². The number of benzene rings is 1. The van der Waals surface area contributed by atoms with Gasteiger partial charge < -0.3 is 14.4 Å². The SMILES string of the molecule is CCC(CC)C(=O)N=C1S[C@@H]2CS(=O)(=O)C[C@@H]2N1c1ccc(OC)cc1OC. The van der Waals surface area contributed by atoms with Crippen LogP contribution in [0.15, 0.2) is 23.2 Å². The van der Waals surface area contributed by atoms with Gasteiger partial charge in [0.1, 0.15) is 11.5 Å². The minimum Gasteiger partial charge on any atom is -0.497 e. The van der Waals surface area contributed by atoms with Crippen LogP contribution in [0.2, 0.25) is 0 Å². The third-order valence-electron chi connectivity index (χ3n) is 5.25. The second-order valence-electron chi connectivity index (χ2n) is 6.95. The van der Waals surface area contributed by atoms with E-state index in [1.54, 1.807) is 26.4 Å². The number of ether oxygens (including phenoxy) is 2. The van der Waals surface area contributed by atoms with Gasteiger partial charge in [0, 0.05) is 17.2 Å². The van der Waals surface area contributed by atoms with Crippen molar-refractivity contribution >= 4 is 38.4 Å². The van der Waals surface area contributed by atoms with Crippen LogP contribution in [0.4, 0.5) is 5.69 Å². The van der Waals surface area contributed by atoms with Gasteiger partial charge in [-0.15, -0.1) is 0 Å². The number of aliphatic imine (C=N–C) groups is 1. The summed E-state index contributed by atoms with van der Waals surface area (Å²) >= 11 is 1.37. The number of rotatable bonds is 6. The lowest BCUT2D eigenvalue weighted by atomic mass is 10.0. The number of amidine groups is 1. The average molecular weight is 427 g/mol. The van der Waals surface area contributed by atoms with E-state index >= 15 is 0 Å². The van der Waals surface area contributed by atoms with E-state index in [4.69, 9.17) is 9.47 Å². The molecule has 154 valence electrons. The van der Waals surface area contributed by atoms with Gasteiger partial charge in [-0.1, -0.05) is 25.6 Å². The zero-order chi connectivity index (χ0) is 20.5. The molecule has 2 heterocycles. The van der Waals surface area contributed by atoms with Crippen LogP contribution in [0, 0.1) is 5.92 Å². The van der Waals surface area contributed by atoms with Crippen LogP contribution in [0.5, 0.6) is 11.5 Å². The Hall–Kier alpha value is -1.74. The minimum absolute atomic E-state index is 0.0397. The second-order valence-corrected chi connectivity index (χ2v) is 10.3. The maximum Gasteiger partial charge on any atom is 0.251 e. The van der Waals surface area contributed by atoms with Crippen molar-refractivity contribution in [1.82, 2.24) is 0 Å². The molecular weight excluding hydrogens is 400 g/mol. The highest BCUT2D eigenvalue weighted by molar-refractivity contribution is 8.16. The van der Waals surface area contributed by atoms with Crippen molar-refractivity contribution in [3.63, 3.8) is 0 Å². The number of anilines is 1. The molecule has 9 heteroatoms. The van der Waals surface area contributed by atoms with Gasteiger partial charge >= 0.3 is 0 Å². The molecule has 2 aliphatic rings. The van der Waals surface area contributed by atoms with Crippen LogP contribution in [-0.4, -0.2) is 56.5 Å². The summed E-state index contributed by atoms with van der Waals surface area (Å²) in [6, 6.07) is 5.09. The van der Waals surface area contributed by atoms with Gasteiger partial charge in [0.25, 0.3) is 5.91 Å². The summed E-state index contributed by atoms with van der Waals surface area (Å²) in [6.45, 7) is 3.94. The molecule has 0 N–H and O–H groups in total. The van der Waals surface area contributed by atoms with Crippen LogP contribution in [-0.2, 0) is 14.6 Å². The topological polar surface area (TPSA) is 85.3 Å². The fourth-order valence-electron chi connectivity index (χ4n) is 3.65. The molecule has 0 radical (unpaired) electrons. The zero-order valence-corrected chi connectivity index (χ0v) is 18.2. The first-order chi connectivity index (χ1) is 13.3. The summed E-state index contributed by atoms with van der Waals surface area (Å²) < 4.78 is 35.2. The predicted octanol–water partition coefficient (Wildman–Crippen LogP) is 2.74. The number of carbonyl (C=O) groups excluding carboxylic acids is 1. The van der Waals surface area contributed by atoms with Gasteiger partial charge in [0.2, 0.25) is 0 Å². The molecule has 1 aromatic rings. The molecule has 1 amide bonds. The highest BCUT2D eigenvalue weighted by atomic mass is 32.2. The first-order valence-corrected chi connectivity index (χ1v) is 12.0. The Morgan fingerprint density at radius 2 is 1.96 bits per heavy atom. The molecule has 2 atom stereocenters. The summed E-state index contributed by atoms with van der Waals surface area (Å²) in [5.74, 6) is 1.03. The standard InChI is InChI=1S/C19H26N2O5S2/c1-5-12(6-2)18(22)20-19-21(15-10-28(23,24)11-17(15)27-19)14-8-7-13(25-3)9-16(14)26-4/h7-9,12,15,17H,5-6,10-11H2,1-4H3/t15-,17+/m0/s1. The Kier molecular flexibility index (Phi) is 6.24. The lowest BCUT2D eigenvalue weighted by molar-refractivity contribution is -0.121. The molecule has 0 aromatic heterocycles. The van der Waals surface area contributed by atoms with Gasteiger partial charge in [0.05, 0.1) is 37.5 Å². The summed E-state index contributed by atoms with van der Waals surface area (Å²) in [7, 11) is -0.00184. The van der Waals surface area contributed by atoms with E-state index in [2.05, 4.69) is 4.99 Å². The normalized spacial score (nSPS) is 24.6. The molecule has 7 nitrogen and oxygen atoms in total. The molecule has 2 aliphatic heterocycles. The Labute approximate surface area is 170 Å². The van der Waals surface area contributed by atoms with E-state index in [0.29, 0.717) is 22.4 Å². The Bertz CT molecular complexity index is 880. The van der Waals surface area contributed by atoms with E-state index in [0.717, 1.165) is 12.8 Å². The maximum absolute atomic E-state index is 12.6. The molecule has 3 rings (SSSR count). The fourth-order valence-corrected chi connectivity index (χ4v) is 7.57. The fraction of sp³-hybridized carbons (Fsp3) is 0.579. The van der Waals surface area contributed by atoms with E-state index < -0.39 is 9.84 Å².